The number of hydrogen-bond acceptors (Lipinski definition) is 6. The van der Waals surface area contributed by atoms with Gasteiger partial charge >= 0.3 is 13.1 Å². The van der Waals surface area contributed by atoms with E-state index in [4.69, 9.17) is 0 Å². The average Bonchev–Trinajstić information content (AvgIpc) is 2.67. The Morgan fingerprint density at radius 3 is 2.40 bits per heavy atom. The molecule has 0 heterocycles. The predicted molar refractivity (Wildman–Crippen MR) is 119 cm³/mol. The lowest BCUT2D eigenvalue weighted by atomic mass is 9.75. The Hall–Kier alpha value is -2.98. The largest absolute Gasteiger partial charge is 0.475 e. The zero-order valence-corrected chi connectivity index (χ0v) is 17.6. The number of carbonyl (C=O) groups excluding carboxylic acids is 2. The molecule has 0 aliphatic heterocycles. The molecule has 0 aliphatic carbocycles. The van der Waals surface area contributed by atoms with Crippen LogP contribution in [0.1, 0.15) is 32.8 Å². The fourth-order valence-electron chi connectivity index (χ4n) is 2.68. The molecule has 0 saturated carbocycles. The van der Waals surface area contributed by atoms with Crippen molar-refractivity contribution in [1.29, 1.82) is 0 Å². The van der Waals surface area contributed by atoms with Gasteiger partial charge in [-0.05, 0) is 31.5 Å². The van der Waals surface area contributed by atoms with E-state index in [1.54, 1.807) is 6.92 Å². The third kappa shape index (κ3) is 9.99. The Kier molecular flexibility index (Phi) is 11.1. The molecular weight excluding hydrogens is 385 g/mol. The number of amides is 3. The Morgan fingerprint density at radius 1 is 1.17 bits per heavy atom. The van der Waals surface area contributed by atoms with E-state index in [1.165, 1.54) is 12.4 Å². The van der Waals surface area contributed by atoms with Crippen LogP contribution in [0.4, 0.5) is 4.79 Å². The third-order valence-corrected chi connectivity index (χ3v) is 4.05. The summed E-state index contributed by atoms with van der Waals surface area (Å²) in [5.74, 6) is -0.855. The molecular formula is C20H30BN5O4. The quantitative estimate of drug-likeness (QED) is 0.222. The summed E-state index contributed by atoms with van der Waals surface area (Å²) in [6.07, 6.45) is 3.37. The number of hydrogen-bond donors (Lipinski definition) is 5. The molecule has 0 aliphatic rings. The van der Waals surface area contributed by atoms with Gasteiger partial charge in [-0.1, -0.05) is 44.2 Å². The smallest absolute Gasteiger partial charge is 0.426 e. The first-order valence-corrected chi connectivity index (χ1v) is 9.66. The van der Waals surface area contributed by atoms with Crippen molar-refractivity contribution in [3.8, 4) is 0 Å². The van der Waals surface area contributed by atoms with Crippen LogP contribution in [0.15, 0.2) is 52.7 Å². The van der Waals surface area contributed by atoms with Gasteiger partial charge in [0, 0.05) is 18.8 Å². The van der Waals surface area contributed by atoms with Crippen LogP contribution in [0, 0.1) is 5.92 Å². The number of aliphatic imine (C=N–C) groups is 2. The van der Waals surface area contributed by atoms with E-state index < -0.39 is 31.0 Å². The van der Waals surface area contributed by atoms with Gasteiger partial charge in [-0.15, -0.1) is 0 Å². The number of benzene rings is 1. The first-order chi connectivity index (χ1) is 14.2. The Labute approximate surface area is 177 Å². The summed E-state index contributed by atoms with van der Waals surface area (Å²) in [6, 6.07) is 7.64. The zero-order chi connectivity index (χ0) is 22.5. The highest BCUT2D eigenvalue weighted by molar-refractivity contribution is 6.43. The van der Waals surface area contributed by atoms with Gasteiger partial charge in [0.1, 0.15) is 11.9 Å². The van der Waals surface area contributed by atoms with E-state index >= 15 is 0 Å². The van der Waals surface area contributed by atoms with Gasteiger partial charge < -0.3 is 26.0 Å². The van der Waals surface area contributed by atoms with Crippen LogP contribution in [-0.2, 0) is 11.2 Å². The molecule has 0 spiro atoms. The van der Waals surface area contributed by atoms with Gasteiger partial charge in [0.05, 0.1) is 5.94 Å². The van der Waals surface area contributed by atoms with E-state index in [0.29, 0.717) is 12.3 Å². The van der Waals surface area contributed by atoms with Crippen LogP contribution in [0.5, 0.6) is 0 Å². The summed E-state index contributed by atoms with van der Waals surface area (Å²) < 4.78 is 0. The number of rotatable bonds is 10. The lowest BCUT2D eigenvalue weighted by Crippen LogP contribution is -2.56. The van der Waals surface area contributed by atoms with Crippen LogP contribution in [0.3, 0.4) is 0 Å². The predicted octanol–water partition coefficient (Wildman–Crippen LogP) is 1.03. The van der Waals surface area contributed by atoms with Crippen LogP contribution in [0.2, 0.25) is 0 Å². The topological polar surface area (TPSA) is 135 Å². The summed E-state index contributed by atoms with van der Waals surface area (Å²) in [5.41, 5.74) is 0.851. The maximum Gasteiger partial charge on any atom is 0.475 e. The van der Waals surface area contributed by atoms with Crippen LogP contribution < -0.4 is 16.0 Å². The van der Waals surface area contributed by atoms with Crippen molar-refractivity contribution in [3.05, 3.63) is 48.3 Å². The van der Waals surface area contributed by atoms with E-state index in [1.807, 2.05) is 44.2 Å². The van der Waals surface area contributed by atoms with E-state index in [9.17, 15) is 19.6 Å². The monoisotopic (exact) mass is 415 g/mol. The second-order valence-electron chi connectivity index (χ2n) is 7.19. The van der Waals surface area contributed by atoms with Crippen molar-refractivity contribution < 1.29 is 19.6 Å². The molecule has 0 aromatic heterocycles. The lowest BCUT2D eigenvalue weighted by Gasteiger charge is -2.23. The van der Waals surface area contributed by atoms with Crippen molar-refractivity contribution in [2.75, 3.05) is 0 Å². The Bertz CT molecular complexity index is 753. The highest BCUT2D eigenvalue weighted by Gasteiger charge is 2.28. The minimum absolute atomic E-state index is 0.137. The summed E-state index contributed by atoms with van der Waals surface area (Å²) >= 11 is 0. The van der Waals surface area contributed by atoms with Gasteiger partial charge in [-0.25, -0.2) is 9.79 Å². The molecule has 0 unspecified atom stereocenters. The van der Waals surface area contributed by atoms with E-state index in [0.717, 1.165) is 5.56 Å². The summed E-state index contributed by atoms with van der Waals surface area (Å²) in [4.78, 5) is 32.7. The van der Waals surface area contributed by atoms with Gasteiger partial charge in [0.2, 0.25) is 5.91 Å². The summed E-state index contributed by atoms with van der Waals surface area (Å²) in [5, 5.41) is 26.8. The van der Waals surface area contributed by atoms with Crippen molar-refractivity contribution in [3.63, 3.8) is 0 Å². The highest BCUT2D eigenvalue weighted by atomic mass is 16.4. The standard InChI is InChI=1S/C20H30BN5O4/c1-14(2)12-18(21(29)30)26-20(28)25-17(13-16-8-6-5-7-9-16)19(27)24-15(3)23-11-10-22-4/h5-11,14,17-18,29-30H,4,12-13H2,1-3H3,(H,23,24,27)(H2,25,26,28)/b11-10-/t17-,18+/m1/s1. The van der Waals surface area contributed by atoms with Crippen LogP contribution in [0.25, 0.3) is 0 Å². The lowest BCUT2D eigenvalue weighted by molar-refractivity contribution is -0.121. The molecule has 9 nitrogen and oxygen atoms in total. The van der Waals surface area contributed by atoms with Gasteiger partial charge in [-0.3, -0.25) is 9.79 Å². The van der Waals surface area contributed by atoms with Gasteiger partial charge in [0.25, 0.3) is 0 Å². The fourth-order valence-corrected chi connectivity index (χ4v) is 2.68. The molecule has 0 fully saturated rings. The van der Waals surface area contributed by atoms with Gasteiger partial charge in [0.15, 0.2) is 0 Å². The SMILES string of the molecule is C=N/C=C\N=C(C)NC(=O)[C@@H](Cc1ccccc1)NC(=O)N[C@@H](CC(C)C)B(O)O. The molecule has 162 valence electrons. The fraction of sp³-hybridized carbons (Fsp3) is 0.400. The molecule has 0 radical (unpaired) electrons. The Balaban J connectivity index is 2.90. The number of amidine groups is 1. The maximum atomic E-state index is 12.7. The minimum Gasteiger partial charge on any atom is -0.426 e. The molecule has 0 saturated heterocycles. The van der Waals surface area contributed by atoms with E-state index in [2.05, 4.69) is 32.7 Å². The Morgan fingerprint density at radius 2 is 1.83 bits per heavy atom. The number of urea groups is 1. The van der Waals surface area contributed by atoms with Crippen molar-refractivity contribution in [1.82, 2.24) is 16.0 Å². The van der Waals surface area contributed by atoms with Crippen LogP contribution >= 0.6 is 0 Å². The molecule has 1 aromatic rings. The van der Waals surface area contributed by atoms with Gasteiger partial charge in [-0.2, -0.15) is 0 Å². The molecule has 30 heavy (non-hydrogen) atoms. The first kappa shape index (κ1) is 25.1. The average molecular weight is 415 g/mol. The molecule has 2 atom stereocenters. The van der Waals surface area contributed by atoms with E-state index in [-0.39, 0.29) is 12.3 Å². The van der Waals surface area contributed by atoms with Crippen molar-refractivity contribution >= 4 is 31.6 Å². The molecule has 3 amide bonds. The zero-order valence-electron chi connectivity index (χ0n) is 17.6. The summed E-state index contributed by atoms with van der Waals surface area (Å²) in [7, 11) is -1.71. The second-order valence-corrected chi connectivity index (χ2v) is 7.19. The van der Waals surface area contributed by atoms with Crippen molar-refractivity contribution in [2.24, 2.45) is 15.9 Å². The third-order valence-electron chi connectivity index (χ3n) is 4.05. The second kappa shape index (κ2) is 13.3. The maximum absolute atomic E-state index is 12.7. The molecule has 5 N–H and O–H groups in total. The van der Waals surface area contributed by atoms with Crippen LogP contribution in [-0.4, -0.2) is 53.6 Å². The first-order valence-electron chi connectivity index (χ1n) is 9.66. The number of nitrogens with one attached hydrogen (secondary N) is 3. The molecule has 1 aromatic carbocycles. The summed E-state index contributed by atoms with van der Waals surface area (Å²) in [6.45, 7) is 8.70. The number of nitrogens with zero attached hydrogens (tertiary/aromatic N) is 2. The molecule has 10 heteroatoms. The number of carbonyl (C=O) groups is 2. The molecule has 1 rings (SSSR count). The normalized spacial score (nSPS) is 13.6. The van der Waals surface area contributed by atoms with Crippen molar-refractivity contribution in [2.45, 2.75) is 45.6 Å². The molecule has 0 bridgehead atoms. The minimum atomic E-state index is -1.71. The highest BCUT2D eigenvalue weighted by Crippen LogP contribution is 2.07.